The summed E-state index contributed by atoms with van der Waals surface area (Å²) in [4.78, 5) is 0. The molecule has 17 heavy (non-hydrogen) atoms. The van der Waals surface area contributed by atoms with Crippen molar-refractivity contribution in [1.82, 2.24) is 0 Å². The molecule has 3 heteroatoms. The van der Waals surface area contributed by atoms with Crippen molar-refractivity contribution in [3.05, 3.63) is 11.5 Å². The number of rotatable bonds is 2. The molecule has 1 aliphatic heterocycles. The van der Waals surface area contributed by atoms with Gasteiger partial charge in [0.1, 0.15) is 17.2 Å². The fourth-order valence-corrected chi connectivity index (χ4v) is 3.33. The molecule has 3 unspecified atom stereocenters. The van der Waals surface area contributed by atoms with Gasteiger partial charge in [-0.1, -0.05) is 6.92 Å². The van der Waals surface area contributed by atoms with E-state index >= 15 is 0 Å². The zero-order chi connectivity index (χ0) is 12.6. The Morgan fingerprint density at radius 1 is 1.47 bits per heavy atom. The Kier molecular flexibility index (Phi) is 3.07. The summed E-state index contributed by atoms with van der Waals surface area (Å²) in [5.74, 6) is 1.77. The number of ether oxygens (including phenoxy) is 2. The van der Waals surface area contributed by atoms with Gasteiger partial charge in [0.05, 0.1) is 6.61 Å². The number of fused-ring (bicyclic) bond motifs is 1. The van der Waals surface area contributed by atoms with E-state index in [4.69, 9.17) is 9.47 Å². The van der Waals surface area contributed by atoms with Crippen LogP contribution in [0.2, 0.25) is 0 Å². The largest absolute Gasteiger partial charge is 0.465 e. The third kappa shape index (κ3) is 1.90. The third-order valence-corrected chi connectivity index (χ3v) is 4.18. The van der Waals surface area contributed by atoms with E-state index in [0.717, 1.165) is 12.0 Å². The fraction of sp³-hybridized carbons (Fsp3) is 0.786. The molecule has 0 saturated heterocycles. The van der Waals surface area contributed by atoms with E-state index in [2.05, 4.69) is 26.8 Å². The van der Waals surface area contributed by atoms with Crippen LogP contribution in [0.25, 0.3) is 0 Å². The smallest absolute Gasteiger partial charge is 0.294 e. The third-order valence-electron chi connectivity index (χ3n) is 4.18. The van der Waals surface area contributed by atoms with Gasteiger partial charge >= 0.3 is 0 Å². The van der Waals surface area contributed by atoms with Gasteiger partial charge in [-0.3, -0.25) is 0 Å². The Morgan fingerprint density at radius 2 is 2.18 bits per heavy atom. The molecule has 2 rings (SSSR count). The van der Waals surface area contributed by atoms with Crippen molar-refractivity contribution in [1.29, 1.82) is 5.26 Å². The molecule has 1 saturated carbocycles. The highest BCUT2D eigenvalue weighted by atomic mass is 16.7. The van der Waals surface area contributed by atoms with Crippen molar-refractivity contribution in [3.8, 4) is 6.07 Å². The van der Waals surface area contributed by atoms with Gasteiger partial charge in [-0.25, -0.2) is 0 Å². The first-order valence-electron chi connectivity index (χ1n) is 6.47. The van der Waals surface area contributed by atoms with Gasteiger partial charge in [0.2, 0.25) is 0 Å². The van der Waals surface area contributed by atoms with Gasteiger partial charge in [0, 0.05) is 11.8 Å². The lowest BCUT2D eigenvalue weighted by molar-refractivity contribution is -0.110. The quantitative estimate of drug-likeness (QED) is 0.738. The van der Waals surface area contributed by atoms with Gasteiger partial charge in [-0.2, -0.15) is 5.26 Å². The molecule has 3 nitrogen and oxygen atoms in total. The molecule has 0 aromatic heterocycles. The lowest BCUT2D eigenvalue weighted by Crippen LogP contribution is -2.42. The van der Waals surface area contributed by atoms with Crippen molar-refractivity contribution in [2.45, 2.75) is 46.1 Å². The van der Waals surface area contributed by atoms with Crippen molar-refractivity contribution in [2.24, 2.45) is 17.8 Å². The minimum absolute atomic E-state index is 0.222. The Bertz CT molecular complexity index is 378. The zero-order valence-electron chi connectivity index (χ0n) is 11.1. The summed E-state index contributed by atoms with van der Waals surface area (Å²) < 4.78 is 11.4. The molecule has 3 atom stereocenters. The SMILES string of the molecule is CCOC1=C(C#N)C2C(C)CCC2C(C)(C)O1. The van der Waals surface area contributed by atoms with Crippen molar-refractivity contribution in [3.63, 3.8) is 0 Å². The van der Waals surface area contributed by atoms with Crippen LogP contribution >= 0.6 is 0 Å². The number of nitriles is 1. The molecule has 0 N–H and O–H groups in total. The van der Waals surface area contributed by atoms with Gasteiger partial charge < -0.3 is 9.47 Å². The molecule has 0 bridgehead atoms. The van der Waals surface area contributed by atoms with Crippen LogP contribution in [0.1, 0.15) is 40.5 Å². The minimum atomic E-state index is -0.222. The highest BCUT2D eigenvalue weighted by molar-refractivity contribution is 5.31. The van der Waals surface area contributed by atoms with Crippen LogP contribution in [-0.2, 0) is 9.47 Å². The van der Waals surface area contributed by atoms with E-state index in [0.29, 0.717) is 30.3 Å². The number of hydrogen-bond donors (Lipinski definition) is 0. The Hall–Kier alpha value is -1.17. The second kappa shape index (κ2) is 4.25. The number of nitrogens with zero attached hydrogens (tertiary/aromatic N) is 1. The highest BCUT2D eigenvalue weighted by Crippen LogP contribution is 2.51. The first-order chi connectivity index (χ1) is 8.01. The zero-order valence-corrected chi connectivity index (χ0v) is 11.1. The lowest BCUT2D eigenvalue weighted by Gasteiger charge is -2.41. The Labute approximate surface area is 103 Å². The van der Waals surface area contributed by atoms with Crippen molar-refractivity contribution < 1.29 is 9.47 Å². The van der Waals surface area contributed by atoms with E-state index in [1.54, 1.807) is 0 Å². The summed E-state index contributed by atoms with van der Waals surface area (Å²) >= 11 is 0. The van der Waals surface area contributed by atoms with E-state index in [9.17, 15) is 5.26 Å². The molecule has 1 aliphatic carbocycles. The molecule has 0 aromatic rings. The van der Waals surface area contributed by atoms with Crippen LogP contribution in [0, 0.1) is 29.1 Å². The molecule has 0 spiro atoms. The van der Waals surface area contributed by atoms with Gasteiger partial charge in [-0.15, -0.1) is 0 Å². The summed E-state index contributed by atoms with van der Waals surface area (Å²) in [5.41, 5.74) is 0.501. The Balaban J connectivity index is 2.43. The predicted molar refractivity (Wildman–Crippen MR) is 64.8 cm³/mol. The van der Waals surface area contributed by atoms with Crippen LogP contribution in [0.15, 0.2) is 11.5 Å². The van der Waals surface area contributed by atoms with Crippen LogP contribution in [0.4, 0.5) is 0 Å². The number of hydrogen-bond acceptors (Lipinski definition) is 3. The molecule has 0 radical (unpaired) electrons. The second-order valence-corrected chi connectivity index (χ2v) is 5.64. The van der Waals surface area contributed by atoms with Crippen molar-refractivity contribution >= 4 is 0 Å². The molecule has 94 valence electrons. The van der Waals surface area contributed by atoms with Crippen LogP contribution < -0.4 is 0 Å². The predicted octanol–water partition coefficient (Wildman–Crippen LogP) is 3.23. The molecule has 0 amide bonds. The van der Waals surface area contributed by atoms with E-state index in [1.807, 2.05) is 6.92 Å². The molecular formula is C14H21NO2. The van der Waals surface area contributed by atoms with E-state index in [1.165, 1.54) is 6.42 Å². The molecule has 1 fully saturated rings. The average Bonchev–Trinajstić information content (AvgIpc) is 2.62. The number of allylic oxidation sites excluding steroid dienone is 1. The summed E-state index contributed by atoms with van der Waals surface area (Å²) in [7, 11) is 0. The summed E-state index contributed by atoms with van der Waals surface area (Å²) in [5, 5.41) is 9.36. The maximum atomic E-state index is 9.36. The fourth-order valence-electron chi connectivity index (χ4n) is 3.33. The Morgan fingerprint density at radius 3 is 2.76 bits per heavy atom. The standard InChI is InChI=1S/C14H21NO2/c1-5-16-13-10(8-15)12-9(2)6-7-11(12)14(3,4)17-13/h9,11-12H,5-7H2,1-4H3. The minimum Gasteiger partial charge on any atom is -0.465 e. The summed E-state index contributed by atoms with van der Waals surface area (Å²) in [6, 6.07) is 2.31. The first-order valence-corrected chi connectivity index (χ1v) is 6.47. The summed E-state index contributed by atoms with van der Waals surface area (Å²) in [6.45, 7) is 8.91. The molecular weight excluding hydrogens is 214 g/mol. The van der Waals surface area contributed by atoms with Crippen LogP contribution in [0.5, 0.6) is 0 Å². The maximum Gasteiger partial charge on any atom is 0.294 e. The molecule has 1 heterocycles. The normalized spacial score (nSPS) is 34.9. The van der Waals surface area contributed by atoms with Gasteiger partial charge in [-0.05, 0) is 39.5 Å². The first kappa shape index (κ1) is 12.3. The van der Waals surface area contributed by atoms with Gasteiger partial charge in [0.15, 0.2) is 0 Å². The van der Waals surface area contributed by atoms with Gasteiger partial charge in [0.25, 0.3) is 5.95 Å². The molecule has 2 aliphatic rings. The van der Waals surface area contributed by atoms with Crippen molar-refractivity contribution in [2.75, 3.05) is 6.61 Å². The average molecular weight is 235 g/mol. The second-order valence-electron chi connectivity index (χ2n) is 5.64. The maximum absolute atomic E-state index is 9.36. The molecule has 0 aromatic carbocycles. The topological polar surface area (TPSA) is 42.2 Å². The van der Waals surface area contributed by atoms with Crippen LogP contribution in [0.3, 0.4) is 0 Å². The summed E-state index contributed by atoms with van der Waals surface area (Å²) in [6.07, 6.45) is 2.32. The van der Waals surface area contributed by atoms with E-state index in [-0.39, 0.29) is 5.60 Å². The monoisotopic (exact) mass is 235 g/mol. The lowest BCUT2D eigenvalue weighted by atomic mass is 9.75. The van der Waals surface area contributed by atoms with Crippen LogP contribution in [-0.4, -0.2) is 12.2 Å². The highest BCUT2D eigenvalue weighted by Gasteiger charge is 2.51. The van der Waals surface area contributed by atoms with E-state index < -0.39 is 0 Å².